The molecule has 0 aromatic heterocycles. The van der Waals surface area contributed by atoms with E-state index in [0.717, 1.165) is 0 Å². The molecule has 0 atom stereocenters. The molecule has 246 valence electrons. The summed E-state index contributed by atoms with van der Waals surface area (Å²) in [4.78, 5) is 0. The van der Waals surface area contributed by atoms with E-state index in [1.807, 2.05) is 0 Å². The third-order valence-corrected chi connectivity index (χ3v) is 11.7. The molecular weight excluding hydrogens is 637 g/mol. The Labute approximate surface area is 310 Å². The molecule has 0 fully saturated rings. The average Bonchev–Trinajstić information content (AvgIpc) is 3.73. The van der Waals surface area contributed by atoms with E-state index >= 15 is 0 Å². The molecule has 9 aromatic rings. The molecule has 2 aliphatic rings. The first-order chi connectivity index (χ1) is 26.3. The lowest BCUT2D eigenvalue weighted by Crippen LogP contribution is -2.28. The van der Waals surface area contributed by atoms with Gasteiger partial charge in [-0.05, 0) is 118 Å². The van der Waals surface area contributed by atoms with E-state index in [1.54, 1.807) is 0 Å². The molecule has 0 heteroatoms. The minimum atomic E-state index is -0.401. The Morgan fingerprint density at radius 2 is 0.717 bits per heavy atom. The van der Waals surface area contributed by atoms with Crippen LogP contribution < -0.4 is 0 Å². The van der Waals surface area contributed by atoms with Gasteiger partial charge in [-0.3, -0.25) is 0 Å². The maximum Gasteiger partial charge on any atom is 0.0713 e. The molecule has 0 radical (unpaired) electrons. The highest BCUT2D eigenvalue weighted by Gasteiger charge is 2.46. The predicted molar refractivity (Wildman–Crippen MR) is 222 cm³/mol. The molecule has 0 saturated carbocycles. The smallest absolute Gasteiger partial charge is 0.0622 e. The van der Waals surface area contributed by atoms with Crippen LogP contribution in [0.4, 0.5) is 0 Å². The van der Waals surface area contributed by atoms with Gasteiger partial charge in [-0.25, -0.2) is 0 Å². The summed E-state index contributed by atoms with van der Waals surface area (Å²) in [6.07, 6.45) is 0. The monoisotopic (exact) mass is 670 g/mol. The van der Waals surface area contributed by atoms with E-state index in [0.29, 0.717) is 0 Å². The quantitative estimate of drug-likeness (QED) is 0.171. The summed E-state index contributed by atoms with van der Waals surface area (Å²) in [5, 5.41) is 2.67. The summed E-state index contributed by atoms with van der Waals surface area (Å²) >= 11 is 0. The van der Waals surface area contributed by atoms with Crippen molar-refractivity contribution in [1.82, 2.24) is 0 Å². The fraction of sp³-hybridized carbons (Fsp3) is 0.0189. The van der Waals surface area contributed by atoms with Gasteiger partial charge in [-0.15, -0.1) is 0 Å². The van der Waals surface area contributed by atoms with Crippen LogP contribution in [-0.2, 0) is 5.41 Å². The van der Waals surface area contributed by atoms with Gasteiger partial charge in [-0.2, -0.15) is 0 Å². The first-order valence-electron chi connectivity index (χ1n) is 18.5. The van der Waals surface area contributed by atoms with E-state index in [2.05, 4.69) is 206 Å². The number of rotatable bonds is 5. The van der Waals surface area contributed by atoms with Crippen LogP contribution in [0.2, 0.25) is 0 Å². The minimum absolute atomic E-state index is 0.401. The molecule has 53 heavy (non-hydrogen) atoms. The fourth-order valence-electron chi connectivity index (χ4n) is 9.32. The molecule has 0 spiro atoms. The molecule has 0 heterocycles. The Kier molecular flexibility index (Phi) is 6.57. The van der Waals surface area contributed by atoms with Crippen LogP contribution in [0.25, 0.3) is 77.5 Å². The number of fused-ring (bicyclic) bond motifs is 6. The Balaban J connectivity index is 0.953. The highest BCUT2D eigenvalue weighted by atomic mass is 14.5. The highest BCUT2D eigenvalue weighted by Crippen LogP contribution is 2.56. The van der Waals surface area contributed by atoms with Gasteiger partial charge in [-0.1, -0.05) is 188 Å². The van der Waals surface area contributed by atoms with Gasteiger partial charge in [0.1, 0.15) is 0 Å². The Morgan fingerprint density at radius 1 is 0.245 bits per heavy atom. The van der Waals surface area contributed by atoms with E-state index in [1.165, 1.54) is 99.8 Å². The molecule has 0 N–H and O–H groups in total. The van der Waals surface area contributed by atoms with Crippen LogP contribution >= 0.6 is 0 Å². The summed E-state index contributed by atoms with van der Waals surface area (Å²) in [6, 6.07) is 76.4. The molecule has 11 rings (SSSR count). The van der Waals surface area contributed by atoms with E-state index in [4.69, 9.17) is 0 Å². The van der Waals surface area contributed by atoms with E-state index in [9.17, 15) is 0 Å². The van der Waals surface area contributed by atoms with Crippen molar-refractivity contribution in [3.63, 3.8) is 0 Å². The van der Waals surface area contributed by atoms with Crippen molar-refractivity contribution in [2.75, 3.05) is 0 Å². The van der Waals surface area contributed by atoms with Crippen molar-refractivity contribution in [2.24, 2.45) is 0 Å². The van der Waals surface area contributed by atoms with Gasteiger partial charge >= 0.3 is 0 Å². The van der Waals surface area contributed by atoms with Crippen LogP contribution in [0.3, 0.4) is 0 Å². The van der Waals surface area contributed by atoms with Gasteiger partial charge in [0.15, 0.2) is 0 Å². The summed E-state index contributed by atoms with van der Waals surface area (Å²) in [7, 11) is 0. The summed E-state index contributed by atoms with van der Waals surface area (Å²) in [5.41, 5.74) is 20.2. The fourth-order valence-corrected chi connectivity index (χ4v) is 9.32. The van der Waals surface area contributed by atoms with Gasteiger partial charge < -0.3 is 0 Å². The van der Waals surface area contributed by atoms with Crippen LogP contribution in [-0.4, -0.2) is 0 Å². The van der Waals surface area contributed by atoms with Crippen molar-refractivity contribution in [1.29, 1.82) is 0 Å². The number of benzene rings is 9. The van der Waals surface area contributed by atoms with E-state index < -0.39 is 5.41 Å². The van der Waals surface area contributed by atoms with Crippen molar-refractivity contribution in [3.05, 3.63) is 229 Å². The molecule has 0 amide bonds. The van der Waals surface area contributed by atoms with Crippen LogP contribution in [0.15, 0.2) is 206 Å². The minimum Gasteiger partial charge on any atom is -0.0622 e. The second-order valence-corrected chi connectivity index (χ2v) is 14.4. The maximum atomic E-state index is 2.44. The van der Waals surface area contributed by atoms with Crippen LogP contribution in [0, 0.1) is 0 Å². The summed E-state index contributed by atoms with van der Waals surface area (Å²) < 4.78 is 0. The zero-order valence-electron chi connectivity index (χ0n) is 29.1. The average molecular weight is 671 g/mol. The zero-order chi connectivity index (χ0) is 34.9. The highest BCUT2D eigenvalue weighted by molar-refractivity contribution is 6.16. The Hall–Kier alpha value is -6.76. The Morgan fingerprint density at radius 3 is 1.36 bits per heavy atom. The molecule has 0 aliphatic heterocycles. The summed E-state index contributed by atoms with van der Waals surface area (Å²) in [6.45, 7) is 0. The lowest BCUT2D eigenvalue weighted by Gasteiger charge is -2.34. The molecule has 0 bridgehead atoms. The molecule has 0 unspecified atom stereocenters. The van der Waals surface area contributed by atoms with Crippen molar-refractivity contribution in [2.45, 2.75) is 5.41 Å². The van der Waals surface area contributed by atoms with Crippen molar-refractivity contribution in [3.8, 4) is 66.8 Å². The first-order valence-corrected chi connectivity index (χ1v) is 18.5. The zero-order valence-corrected chi connectivity index (χ0v) is 29.1. The van der Waals surface area contributed by atoms with Gasteiger partial charge in [0, 0.05) is 0 Å². The molecular formula is C53H34. The van der Waals surface area contributed by atoms with Crippen molar-refractivity contribution < 1.29 is 0 Å². The lowest BCUT2D eigenvalue weighted by molar-refractivity contribution is 0.769. The maximum absolute atomic E-state index is 2.44. The molecule has 0 saturated heterocycles. The van der Waals surface area contributed by atoms with Crippen molar-refractivity contribution >= 4 is 10.8 Å². The number of hydrogen-bond donors (Lipinski definition) is 0. The first kappa shape index (κ1) is 29.9. The van der Waals surface area contributed by atoms with Gasteiger partial charge in [0.25, 0.3) is 0 Å². The van der Waals surface area contributed by atoms with Crippen LogP contribution in [0.5, 0.6) is 0 Å². The van der Waals surface area contributed by atoms with Gasteiger partial charge in [0.05, 0.1) is 5.41 Å². The molecule has 0 nitrogen and oxygen atoms in total. The normalized spacial score (nSPS) is 13.1. The lowest BCUT2D eigenvalue weighted by atomic mass is 9.67. The summed E-state index contributed by atoms with van der Waals surface area (Å²) in [5.74, 6) is 0. The molecule has 9 aromatic carbocycles. The Bertz CT molecular complexity index is 2800. The van der Waals surface area contributed by atoms with E-state index in [-0.39, 0.29) is 0 Å². The third-order valence-electron chi connectivity index (χ3n) is 11.7. The molecule has 2 aliphatic carbocycles. The SMILES string of the molecule is c1ccc(C2(c3ccccc3)c3ccccc3-c3ccc(-c4ccc(-c5ccc(-c6cc7c8c(cccc8c6)-c6ccccc6-7)cc5)cc4)cc32)cc1. The number of hydrogen-bond acceptors (Lipinski definition) is 0. The second kappa shape index (κ2) is 11.6. The third kappa shape index (κ3) is 4.43. The standard InChI is InChI=1S/C53H34/c1-3-13-42(14-4-1)53(43-15-5-2-6-16-43)50-21-10-9-19-46(50)47-31-30-39(34-51(47)53)37-26-22-35(23-27-37)36-24-28-38(29-25-36)41-32-40-12-11-20-48-44-17-7-8-18-45(44)49(33-41)52(40)48/h1-34H. The second-order valence-electron chi connectivity index (χ2n) is 14.4. The van der Waals surface area contributed by atoms with Gasteiger partial charge in [0.2, 0.25) is 0 Å². The topological polar surface area (TPSA) is 0 Å². The van der Waals surface area contributed by atoms with Crippen LogP contribution in [0.1, 0.15) is 22.3 Å². The largest absolute Gasteiger partial charge is 0.0713 e. The predicted octanol–water partition coefficient (Wildman–Crippen LogP) is 13.9.